The van der Waals surface area contributed by atoms with Gasteiger partial charge in [0.2, 0.25) is 17.6 Å². The average molecular weight is 316 g/mol. The van der Waals surface area contributed by atoms with Crippen LogP contribution in [0.1, 0.15) is 24.6 Å². The van der Waals surface area contributed by atoms with Gasteiger partial charge in [-0.2, -0.15) is 4.98 Å². The molecule has 1 unspecified atom stereocenters. The zero-order valence-corrected chi connectivity index (χ0v) is 12.8. The van der Waals surface area contributed by atoms with Gasteiger partial charge >= 0.3 is 0 Å². The number of aromatic nitrogens is 2. The van der Waals surface area contributed by atoms with E-state index in [0.717, 1.165) is 25.1 Å². The van der Waals surface area contributed by atoms with Gasteiger partial charge in [0.25, 0.3) is 0 Å². The van der Waals surface area contributed by atoms with Crippen molar-refractivity contribution in [3.05, 3.63) is 42.0 Å². The first-order valence-electron chi connectivity index (χ1n) is 7.81. The Morgan fingerprint density at radius 3 is 3.04 bits per heavy atom. The topological polar surface area (TPSA) is 89.3 Å². The van der Waals surface area contributed by atoms with Gasteiger partial charge in [-0.25, -0.2) is 0 Å². The van der Waals surface area contributed by atoms with Crippen LogP contribution in [0.25, 0.3) is 0 Å². The molecule has 3 rings (SSSR count). The molecule has 0 saturated carbocycles. The fraction of sp³-hybridized carbons (Fsp3) is 0.438. The Morgan fingerprint density at radius 1 is 1.39 bits per heavy atom. The van der Waals surface area contributed by atoms with E-state index in [0.29, 0.717) is 24.7 Å². The molecule has 7 heteroatoms. The van der Waals surface area contributed by atoms with Crippen LogP contribution in [0.2, 0.25) is 0 Å². The van der Waals surface area contributed by atoms with Crippen LogP contribution in [0.4, 0.5) is 0 Å². The first-order chi connectivity index (χ1) is 11.3. The summed E-state index contributed by atoms with van der Waals surface area (Å²) in [6, 6.07) is 9.40. The summed E-state index contributed by atoms with van der Waals surface area (Å²) in [6.07, 6.45) is 2.46. The molecule has 122 valence electrons. The lowest BCUT2D eigenvalue weighted by atomic mass is 10.2. The van der Waals surface area contributed by atoms with Crippen LogP contribution in [0.15, 0.2) is 34.9 Å². The minimum Gasteiger partial charge on any atom is -0.485 e. The number of amides is 1. The highest BCUT2D eigenvalue weighted by Gasteiger charge is 2.21. The smallest absolute Gasteiger partial charge is 0.237 e. The highest BCUT2D eigenvalue weighted by atomic mass is 16.5. The van der Waals surface area contributed by atoms with Crippen LogP contribution < -0.4 is 15.4 Å². The van der Waals surface area contributed by atoms with Gasteiger partial charge in [-0.05, 0) is 31.5 Å². The minimum atomic E-state index is -0.0625. The summed E-state index contributed by atoms with van der Waals surface area (Å²) < 4.78 is 10.7. The molecule has 2 heterocycles. The van der Waals surface area contributed by atoms with Crippen LogP contribution in [0, 0.1) is 0 Å². The molecule has 1 atom stereocenters. The summed E-state index contributed by atoms with van der Waals surface area (Å²) in [7, 11) is 0. The highest BCUT2D eigenvalue weighted by Crippen LogP contribution is 2.10. The zero-order valence-electron chi connectivity index (χ0n) is 12.8. The van der Waals surface area contributed by atoms with Gasteiger partial charge in [-0.3, -0.25) is 4.79 Å². The van der Waals surface area contributed by atoms with Gasteiger partial charge in [0.1, 0.15) is 5.75 Å². The van der Waals surface area contributed by atoms with Crippen molar-refractivity contribution >= 4 is 5.91 Å². The summed E-state index contributed by atoms with van der Waals surface area (Å²) in [5, 5.41) is 9.91. The highest BCUT2D eigenvalue weighted by molar-refractivity contribution is 5.81. The van der Waals surface area contributed by atoms with E-state index in [1.807, 2.05) is 30.3 Å². The molecule has 1 aliphatic rings. The van der Waals surface area contributed by atoms with Crippen molar-refractivity contribution in [1.29, 1.82) is 0 Å². The Kier molecular flexibility index (Phi) is 5.21. The first-order valence-corrected chi connectivity index (χ1v) is 7.81. The number of carbonyl (C=O) groups excluding carboxylic acids is 1. The molecule has 1 fully saturated rings. The predicted molar refractivity (Wildman–Crippen MR) is 82.8 cm³/mol. The number of hydrogen-bond acceptors (Lipinski definition) is 6. The first kappa shape index (κ1) is 15.5. The SMILES string of the molecule is O=C(NCCc1nc(COc2ccccc2)no1)C1CCCN1. The summed E-state index contributed by atoms with van der Waals surface area (Å²) in [6.45, 7) is 1.65. The summed E-state index contributed by atoms with van der Waals surface area (Å²) in [4.78, 5) is 16.1. The number of ether oxygens (including phenoxy) is 1. The van der Waals surface area contributed by atoms with Gasteiger partial charge in [0.15, 0.2) is 6.61 Å². The Hall–Kier alpha value is -2.41. The number of rotatable bonds is 7. The van der Waals surface area contributed by atoms with Crippen molar-refractivity contribution < 1.29 is 14.1 Å². The van der Waals surface area contributed by atoms with E-state index in [-0.39, 0.29) is 18.6 Å². The van der Waals surface area contributed by atoms with Crippen LogP contribution in [0.3, 0.4) is 0 Å². The fourth-order valence-corrected chi connectivity index (χ4v) is 2.44. The van der Waals surface area contributed by atoms with Crippen LogP contribution >= 0.6 is 0 Å². The standard InChI is InChI=1S/C16H20N4O3/c21-16(13-7-4-9-17-13)18-10-8-15-19-14(20-23-15)11-22-12-5-2-1-3-6-12/h1-3,5-6,13,17H,4,7-11H2,(H,18,21). The third-order valence-electron chi connectivity index (χ3n) is 3.64. The zero-order chi connectivity index (χ0) is 15.9. The predicted octanol–water partition coefficient (Wildman–Crippen LogP) is 1.06. The molecule has 2 N–H and O–H groups in total. The number of carbonyl (C=O) groups is 1. The van der Waals surface area contributed by atoms with Crippen LogP contribution in [0.5, 0.6) is 5.75 Å². The molecular weight excluding hydrogens is 296 g/mol. The van der Waals surface area contributed by atoms with E-state index in [4.69, 9.17) is 9.26 Å². The maximum absolute atomic E-state index is 11.8. The third kappa shape index (κ3) is 4.53. The largest absolute Gasteiger partial charge is 0.485 e. The van der Waals surface area contributed by atoms with Crippen molar-refractivity contribution in [2.45, 2.75) is 31.9 Å². The molecule has 2 aromatic rings. The Morgan fingerprint density at radius 2 is 2.26 bits per heavy atom. The summed E-state index contributed by atoms with van der Waals surface area (Å²) in [5.41, 5.74) is 0. The number of hydrogen-bond donors (Lipinski definition) is 2. The normalized spacial score (nSPS) is 17.1. The lowest BCUT2D eigenvalue weighted by Gasteiger charge is -2.09. The summed E-state index contributed by atoms with van der Waals surface area (Å²) in [5.74, 6) is 1.79. The number of benzene rings is 1. The molecule has 1 aromatic heterocycles. The van der Waals surface area contributed by atoms with Crippen molar-refractivity contribution in [2.24, 2.45) is 0 Å². The second-order valence-electron chi connectivity index (χ2n) is 5.40. The Balaban J connectivity index is 1.39. The number of nitrogens with one attached hydrogen (secondary N) is 2. The van der Waals surface area contributed by atoms with Crippen molar-refractivity contribution in [3.63, 3.8) is 0 Å². The molecule has 0 aliphatic carbocycles. The monoisotopic (exact) mass is 316 g/mol. The molecule has 1 aromatic carbocycles. The van der Waals surface area contributed by atoms with Crippen molar-refractivity contribution in [2.75, 3.05) is 13.1 Å². The van der Waals surface area contributed by atoms with E-state index in [9.17, 15) is 4.79 Å². The average Bonchev–Trinajstić information content (AvgIpc) is 3.26. The molecule has 7 nitrogen and oxygen atoms in total. The molecule has 23 heavy (non-hydrogen) atoms. The molecule has 0 spiro atoms. The van der Waals surface area contributed by atoms with E-state index in [1.165, 1.54) is 0 Å². The van der Waals surface area contributed by atoms with Gasteiger partial charge in [0, 0.05) is 13.0 Å². The van der Waals surface area contributed by atoms with Gasteiger partial charge in [-0.15, -0.1) is 0 Å². The molecular formula is C16H20N4O3. The maximum atomic E-state index is 11.8. The molecule has 0 bridgehead atoms. The fourth-order valence-electron chi connectivity index (χ4n) is 2.44. The second-order valence-corrected chi connectivity index (χ2v) is 5.40. The Labute approximate surface area is 134 Å². The second kappa shape index (κ2) is 7.73. The molecule has 0 radical (unpaired) electrons. The lowest BCUT2D eigenvalue weighted by Crippen LogP contribution is -2.41. The van der Waals surface area contributed by atoms with Gasteiger partial charge in [-0.1, -0.05) is 23.4 Å². The maximum Gasteiger partial charge on any atom is 0.237 e. The quantitative estimate of drug-likeness (QED) is 0.794. The van der Waals surface area contributed by atoms with Gasteiger partial charge in [0.05, 0.1) is 6.04 Å². The molecule has 1 saturated heterocycles. The molecule has 1 aliphatic heterocycles. The minimum absolute atomic E-state index is 0.0367. The number of para-hydroxylation sites is 1. The van der Waals surface area contributed by atoms with E-state index in [2.05, 4.69) is 20.8 Å². The van der Waals surface area contributed by atoms with E-state index >= 15 is 0 Å². The Bertz CT molecular complexity index is 623. The van der Waals surface area contributed by atoms with Crippen molar-refractivity contribution in [3.8, 4) is 5.75 Å². The van der Waals surface area contributed by atoms with Crippen LogP contribution in [-0.2, 0) is 17.8 Å². The lowest BCUT2D eigenvalue weighted by molar-refractivity contribution is -0.122. The number of nitrogens with zero attached hydrogens (tertiary/aromatic N) is 2. The summed E-state index contributed by atoms with van der Waals surface area (Å²) >= 11 is 0. The van der Waals surface area contributed by atoms with Gasteiger partial charge < -0.3 is 19.9 Å². The third-order valence-corrected chi connectivity index (χ3v) is 3.64. The van der Waals surface area contributed by atoms with E-state index in [1.54, 1.807) is 0 Å². The van der Waals surface area contributed by atoms with Crippen molar-refractivity contribution in [1.82, 2.24) is 20.8 Å². The van der Waals surface area contributed by atoms with E-state index < -0.39 is 0 Å². The molecule has 1 amide bonds. The van der Waals surface area contributed by atoms with Crippen LogP contribution in [-0.4, -0.2) is 35.2 Å².